The molecule has 1 aromatic rings. The molecule has 0 bridgehead atoms. The summed E-state index contributed by atoms with van der Waals surface area (Å²) < 4.78 is 5.31. The third-order valence-electron chi connectivity index (χ3n) is 1.31. The van der Waals surface area contributed by atoms with Crippen LogP contribution in [0.15, 0.2) is 24.3 Å². The SMILES string of the molecule is CC(Br)Oc1ccc(C=O)cc1. The molecule has 1 unspecified atom stereocenters. The van der Waals surface area contributed by atoms with Crippen LogP contribution in [0.2, 0.25) is 0 Å². The van der Waals surface area contributed by atoms with E-state index in [0.717, 1.165) is 12.0 Å². The summed E-state index contributed by atoms with van der Waals surface area (Å²) in [4.78, 5) is 10.3. The van der Waals surface area contributed by atoms with Crippen LogP contribution in [0.1, 0.15) is 17.3 Å². The molecule has 0 aliphatic heterocycles. The molecule has 0 aromatic heterocycles. The van der Waals surface area contributed by atoms with Crippen LogP contribution in [0, 0.1) is 0 Å². The van der Waals surface area contributed by atoms with Gasteiger partial charge in [0.05, 0.1) is 0 Å². The van der Waals surface area contributed by atoms with Gasteiger partial charge in [-0.25, -0.2) is 0 Å². The van der Waals surface area contributed by atoms with Crippen molar-refractivity contribution in [3.05, 3.63) is 29.8 Å². The highest BCUT2D eigenvalue weighted by Gasteiger charge is 1.97. The Morgan fingerprint density at radius 2 is 2.00 bits per heavy atom. The third kappa shape index (κ3) is 2.66. The fourth-order valence-corrected chi connectivity index (χ4v) is 1.03. The summed E-state index contributed by atoms with van der Waals surface area (Å²) in [5.41, 5.74) is 0.657. The number of carbonyl (C=O) groups excluding carboxylic acids is 1. The number of halogens is 1. The van der Waals surface area contributed by atoms with Gasteiger partial charge in [-0.1, -0.05) is 0 Å². The van der Waals surface area contributed by atoms with E-state index in [9.17, 15) is 4.79 Å². The third-order valence-corrected chi connectivity index (χ3v) is 1.50. The first-order valence-electron chi connectivity index (χ1n) is 3.58. The van der Waals surface area contributed by atoms with Gasteiger partial charge >= 0.3 is 0 Å². The zero-order chi connectivity index (χ0) is 8.97. The van der Waals surface area contributed by atoms with Gasteiger partial charge in [-0.2, -0.15) is 0 Å². The van der Waals surface area contributed by atoms with Crippen LogP contribution in [0.3, 0.4) is 0 Å². The van der Waals surface area contributed by atoms with Gasteiger partial charge in [0.1, 0.15) is 12.0 Å². The van der Waals surface area contributed by atoms with E-state index in [0.29, 0.717) is 5.56 Å². The van der Waals surface area contributed by atoms with E-state index in [1.807, 2.05) is 6.92 Å². The van der Waals surface area contributed by atoms with E-state index in [1.54, 1.807) is 24.3 Å². The quantitative estimate of drug-likeness (QED) is 0.588. The summed E-state index contributed by atoms with van der Waals surface area (Å²) in [6, 6.07) is 6.97. The van der Waals surface area contributed by atoms with E-state index >= 15 is 0 Å². The minimum absolute atomic E-state index is 0.0143. The van der Waals surface area contributed by atoms with E-state index < -0.39 is 0 Å². The Kier molecular flexibility index (Phi) is 3.29. The molecule has 0 radical (unpaired) electrons. The lowest BCUT2D eigenvalue weighted by molar-refractivity contribution is 0.112. The van der Waals surface area contributed by atoms with Crippen LogP contribution >= 0.6 is 15.9 Å². The molecular formula is C9H9BrO2. The van der Waals surface area contributed by atoms with Gasteiger partial charge < -0.3 is 4.74 Å². The summed E-state index contributed by atoms with van der Waals surface area (Å²) in [6.45, 7) is 1.88. The maximum atomic E-state index is 10.3. The van der Waals surface area contributed by atoms with Crippen LogP contribution in [0.5, 0.6) is 5.75 Å². The molecule has 0 saturated heterocycles. The molecule has 12 heavy (non-hydrogen) atoms. The molecule has 0 spiro atoms. The Hall–Kier alpha value is -0.830. The number of alkyl halides is 1. The van der Waals surface area contributed by atoms with Crippen molar-refractivity contribution in [2.24, 2.45) is 0 Å². The summed E-state index contributed by atoms with van der Waals surface area (Å²) >= 11 is 3.25. The highest BCUT2D eigenvalue weighted by atomic mass is 79.9. The number of ether oxygens (including phenoxy) is 1. The minimum atomic E-state index is -0.0143. The van der Waals surface area contributed by atoms with Crippen molar-refractivity contribution in [3.8, 4) is 5.75 Å². The Morgan fingerprint density at radius 1 is 1.42 bits per heavy atom. The first-order chi connectivity index (χ1) is 5.72. The zero-order valence-electron chi connectivity index (χ0n) is 6.66. The van der Waals surface area contributed by atoms with Gasteiger partial charge in [-0.15, -0.1) is 0 Å². The normalized spacial score (nSPS) is 12.2. The van der Waals surface area contributed by atoms with Crippen molar-refractivity contribution in [1.29, 1.82) is 0 Å². The number of hydrogen-bond donors (Lipinski definition) is 0. The van der Waals surface area contributed by atoms with Gasteiger partial charge in [0.25, 0.3) is 0 Å². The lowest BCUT2D eigenvalue weighted by atomic mass is 10.2. The van der Waals surface area contributed by atoms with Crippen LogP contribution < -0.4 is 4.74 Å². The number of hydrogen-bond acceptors (Lipinski definition) is 2. The minimum Gasteiger partial charge on any atom is -0.480 e. The average molecular weight is 229 g/mol. The second-order valence-electron chi connectivity index (χ2n) is 2.35. The molecule has 0 aliphatic carbocycles. The second-order valence-corrected chi connectivity index (χ2v) is 3.64. The van der Waals surface area contributed by atoms with Gasteiger partial charge in [0.2, 0.25) is 0 Å². The average Bonchev–Trinajstić information content (AvgIpc) is 2.05. The fraction of sp³-hybridized carbons (Fsp3) is 0.222. The number of aldehydes is 1. The van der Waals surface area contributed by atoms with Crippen molar-refractivity contribution < 1.29 is 9.53 Å². The Bertz CT molecular complexity index is 254. The summed E-state index contributed by atoms with van der Waals surface area (Å²) in [6.07, 6.45) is 0.807. The lowest BCUT2D eigenvalue weighted by Crippen LogP contribution is -2.01. The number of carbonyl (C=O) groups is 1. The predicted molar refractivity (Wildman–Crippen MR) is 50.8 cm³/mol. The summed E-state index contributed by atoms with van der Waals surface area (Å²) in [5, 5.41) is -0.0143. The monoisotopic (exact) mass is 228 g/mol. The lowest BCUT2D eigenvalue weighted by Gasteiger charge is -2.07. The number of rotatable bonds is 3. The standard InChI is InChI=1S/C9H9BrO2/c1-7(10)12-9-4-2-8(6-11)3-5-9/h2-7H,1H3. The highest BCUT2D eigenvalue weighted by Crippen LogP contribution is 2.14. The molecule has 0 saturated carbocycles. The smallest absolute Gasteiger partial charge is 0.150 e. The van der Waals surface area contributed by atoms with Crippen molar-refractivity contribution in [2.75, 3.05) is 0 Å². The fourth-order valence-electron chi connectivity index (χ4n) is 0.812. The predicted octanol–water partition coefficient (Wildman–Crippen LogP) is 2.62. The van der Waals surface area contributed by atoms with Gasteiger partial charge in [-0.05, 0) is 47.1 Å². The molecular weight excluding hydrogens is 220 g/mol. The first kappa shape index (κ1) is 9.26. The molecule has 1 aromatic carbocycles. The molecule has 0 fully saturated rings. The molecule has 1 rings (SSSR count). The van der Waals surface area contributed by atoms with E-state index in [1.165, 1.54) is 0 Å². The topological polar surface area (TPSA) is 26.3 Å². The van der Waals surface area contributed by atoms with Crippen LogP contribution in [0.4, 0.5) is 0 Å². The van der Waals surface area contributed by atoms with E-state index in [2.05, 4.69) is 15.9 Å². The van der Waals surface area contributed by atoms with Gasteiger partial charge in [0.15, 0.2) is 5.01 Å². The summed E-state index contributed by atoms with van der Waals surface area (Å²) in [7, 11) is 0. The molecule has 1 atom stereocenters. The Balaban J connectivity index is 2.71. The Labute approximate surface area is 79.7 Å². The van der Waals surface area contributed by atoms with Crippen LogP contribution in [0.25, 0.3) is 0 Å². The molecule has 0 amide bonds. The first-order valence-corrected chi connectivity index (χ1v) is 4.50. The molecule has 3 heteroatoms. The molecule has 0 heterocycles. The largest absolute Gasteiger partial charge is 0.480 e. The van der Waals surface area contributed by atoms with Crippen LogP contribution in [-0.4, -0.2) is 11.3 Å². The molecule has 0 N–H and O–H groups in total. The van der Waals surface area contributed by atoms with Crippen molar-refractivity contribution >= 4 is 22.2 Å². The van der Waals surface area contributed by atoms with Crippen molar-refractivity contribution in [1.82, 2.24) is 0 Å². The van der Waals surface area contributed by atoms with E-state index in [-0.39, 0.29) is 5.01 Å². The maximum absolute atomic E-state index is 10.3. The molecule has 64 valence electrons. The van der Waals surface area contributed by atoms with Gasteiger partial charge in [0, 0.05) is 5.56 Å². The van der Waals surface area contributed by atoms with Crippen molar-refractivity contribution in [3.63, 3.8) is 0 Å². The second kappa shape index (κ2) is 4.26. The zero-order valence-corrected chi connectivity index (χ0v) is 8.24. The molecule has 2 nitrogen and oxygen atoms in total. The van der Waals surface area contributed by atoms with Gasteiger partial charge in [-0.3, -0.25) is 4.79 Å². The summed E-state index contributed by atoms with van der Waals surface area (Å²) in [5.74, 6) is 0.755. The highest BCUT2D eigenvalue weighted by molar-refractivity contribution is 9.09. The Morgan fingerprint density at radius 3 is 2.42 bits per heavy atom. The maximum Gasteiger partial charge on any atom is 0.150 e. The molecule has 0 aliphatic rings. The van der Waals surface area contributed by atoms with Crippen LogP contribution in [-0.2, 0) is 0 Å². The number of benzene rings is 1. The van der Waals surface area contributed by atoms with Crippen molar-refractivity contribution in [2.45, 2.75) is 11.9 Å². The van der Waals surface area contributed by atoms with E-state index in [4.69, 9.17) is 4.74 Å².